The zero-order chi connectivity index (χ0) is 29.5. The van der Waals surface area contributed by atoms with Gasteiger partial charge in [-0.25, -0.2) is 4.79 Å². The fraction of sp³-hybridized carbons (Fsp3) is 0.500. The molecule has 216 valence electrons. The highest BCUT2D eigenvalue weighted by Crippen LogP contribution is 2.12. The number of aliphatic carboxylic acids is 2. The van der Waals surface area contributed by atoms with Crippen LogP contribution < -0.4 is 33.2 Å². The molecule has 12 N–H and O–H groups in total. The molecule has 0 aromatic heterocycles. The lowest BCUT2D eigenvalue weighted by Crippen LogP contribution is -2.57. The van der Waals surface area contributed by atoms with E-state index in [4.69, 9.17) is 22.3 Å². The molecule has 1 rings (SSSR count). The molecule has 15 nitrogen and oxygen atoms in total. The Morgan fingerprint density at radius 1 is 0.795 bits per heavy atom. The van der Waals surface area contributed by atoms with E-state index in [-0.39, 0.29) is 31.4 Å². The summed E-state index contributed by atoms with van der Waals surface area (Å²) in [5, 5.41) is 34.8. The summed E-state index contributed by atoms with van der Waals surface area (Å²) in [5.41, 5.74) is 16.9. The predicted molar refractivity (Wildman–Crippen MR) is 137 cm³/mol. The number of hydrogen-bond donors (Lipinski definition) is 9. The Hall–Kier alpha value is -4.24. The summed E-state index contributed by atoms with van der Waals surface area (Å²) < 4.78 is 0. The number of hydrogen-bond acceptors (Lipinski definition) is 9. The Morgan fingerprint density at radius 3 is 1.90 bits per heavy atom. The number of nitrogens with one attached hydrogen (secondary N) is 3. The number of carboxylic acid groups (broad SMARTS) is 2. The number of primary amides is 1. The monoisotopic (exact) mass is 552 g/mol. The Labute approximate surface area is 224 Å². The fourth-order valence-corrected chi connectivity index (χ4v) is 3.47. The first-order chi connectivity index (χ1) is 18.3. The molecule has 0 aliphatic heterocycles. The van der Waals surface area contributed by atoms with Crippen LogP contribution in [0.2, 0.25) is 0 Å². The number of carbonyl (C=O) groups is 6. The highest BCUT2D eigenvalue weighted by atomic mass is 16.4. The molecule has 39 heavy (non-hydrogen) atoms. The molecule has 4 unspecified atom stereocenters. The van der Waals surface area contributed by atoms with E-state index in [1.807, 2.05) is 0 Å². The third-order valence-corrected chi connectivity index (χ3v) is 5.62. The van der Waals surface area contributed by atoms with Crippen LogP contribution in [0.15, 0.2) is 24.3 Å². The Morgan fingerprint density at radius 2 is 1.36 bits per heavy atom. The van der Waals surface area contributed by atoms with Gasteiger partial charge in [0, 0.05) is 12.8 Å². The maximum Gasteiger partial charge on any atom is 0.326 e. The number of carboxylic acids is 2. The number of nitrogens with two attached hydrogens (primary N) is 3. The second-order valence-corrected chi connectivity index (χ2v) is 8.89. The Bertz CT molecular complexity index is 1020. The minimum atomic E-state index is -1.74. The molecule has 15 heteroatoms. The van der Waals surface area contributed by atoms with Crippen LogP contribution in [0, 0.1) is 0 Å². The third kappa shape index (κ3) is 12.7. The van der Waals surface area contributed by atoms with Crippen molar-refractivity contribution in [3.8, 4) is 5.75 Å². The second-order valence-electron chi connectivity index (χ2n) is 8.89. The van der Waals surface area contributed by atoms with Gasteiger partial charge in [0.2, 0.25) is 23.6 Å². The van der Waals surface area contributed by atoms with Gasteiger partial charge in [0.15, 0.2) is 0 Å². The highest BCUT2D eigenvalue weighted by Gasteiger charge is 2.31. The van der Waals surface area contributed by atoms with Crippen molar-refractivity contribution in [3.63, 3.8) is 0 Å². The average molecular weight is 553 g/mol. The summed E-state index contributed by atoms with van der Waals surface area (Å²) in [4.78, 5) is 72.2. The first-order valence-electron chi connectivity index (χ1n) is 12.2. The van der Waals surface area contributed by atoms with Gasteiger partial charge in [-0.15, -0.1) is 0 Å². The number of amides is 4. The summed E-state index contributed by atoms with van der Waals surface area (Å²) in [7, 11) is 0. The largest absolute Gasteiger partial charge is 0.508 e. The SMILES string of the molecule is NCCCCC(NC(=O)C(Cc1ccc(O)cc1)NC(=O)C(N)CCC(N)=O)C(=O)NC(CC(=O)O)C(=O)O. The number of benzene rings is 1. The van der Waals surface area contributed by atoms with Crippen molar-refractivity contribution in [3.05, 3.63) is 29.8 Å². The summed E-state index contributed by atoms with van der Waals surface area (Å²) >= 11 is 0. The van der Waals surface area contributed by atoms with Crippen molar-refractivity contribution >= 4 is 35.6 Å². The Balaban J connectivity index is 3.14. The van der Waals surface area contributed by atoms with Crippen LogP contribution in [0.5, 0.6) is 5.75 Å². The lowest BCUT2D eigenvalue weighted by Gasteiger charge is -2.25. The molecule has 4 atom stereocenters. The van der Waals surface area contributed by atoms with Crippen LogP contribution in [0.25, 0.3) is 0 Å². The molecule has 0 aliphatic rings. The van der Waals surface area contributed by atoms with Crippen molar-refractivity contribution < 1.29 is 44.1 Å². The van der Waals surface area contributed by atoms with Gasteiger partial charge in [-0.05, 0) is 49.9 Å². The number of phenols is 1. The van der Waals surface area contributed by atoms with E-state index < -0.39 is 66.2 Å². The Kier molecular flexibility index (Phi) is 13.9. The second kappa shape index (κ2) is 16.6. The van der Waals surface area contributed by atoms with Crippen LogP contribution in [0.4, 0.5) is 0 Å². The topological polar surface area (TPSA) is 277 Å². The van der Waals surface area contributed by atoms with Gasteiger partial charge >= 0.3 is 11.9 Å². The molecule has 0 saturated heterocycles. The minimum absolute atomic E-state index is 0.0248. The van der Waals surface area contributed by atoms with Gasteiger partial charge in [-0.1, -0.05) is 12.1 Å². The van der Waals surface area contributed by atoms with Crippen molar-refractivity contribution in [2.45, 2.75) is 69.1 Å². The standard InChI is InChI=1S/C24H36N6O9/c25-10-2-1-3-16(22(36)30-18(24(38)39)12-20(33)34)28-23(37)17(11-13-4-6-14(31)7-5-13)29-21(35)15(26)8-9-19(27)32/h4-7,15-18,31H,1-3,8-12,25-26H2,(H2,27,32)(H,28,37)(H,29,35)(H,30,36)(H,33,34)(H,38,39). The number of phenolic OH excluding ortho intramolecular Hbond substituents is 1. The maximum atomic E-state index is 13.3. The van der Waals surface area contributed by atoms with Gasteiger partial charge < -0.3 is 48.5 Å². The van der Waals surface area contributed by atoms with Crippen LogP contribution in [0.3, 0.4) is 0 Å². The fourth-order valence-electron chi connectivity index (χ4n) is 3.47. The molecule has 0 saturated carbocycles. The molecule has 0 fully saturated rings. The first-order valence-corrected chi connectivity index (χ1v) is 12.2. The van der Waals surface area contributed by atoms with Gasteiger partial charge in [-0.2, -0.15) is 0 Å². The smallest absolute Gasteiger partial charge is 0.326 e. The molecule has 0 bridgehead atoms. The van der Waals surface area contributed by atoms with E-state index in [1.54, 1.807) is 0 Å². The molecular weight excluding hydrogens is 516 g/mol. The van der Waals surface area contributed by atoms with E-state index in [0.29, 0.717) is 24.9 Å². The van der Waals surface area contributed by atoms with Crippen LogP contribution >= 0.6 is 0 Å². The van der Waals surface area contributed by atoms with Crippen molar-refractivity contribution in [1.82, 2.24) is 16.0 Å². The first kappa shape index (κ1) is 32.8. The molecule has 0 heterocycles. The molecule has 0 radical (unpaired) electrons. The average Bonchev–Trinajstić information content (AvgIpc) is 2.86. The molecule has 1 aromatic rings. The number of aromatic hydroxyl groups is 1. The highest BCUT2D eigenvalue weighted by molar-refractivity contribution is 5.94. The van der Waals surface area contributed by atoms with E-state index >= 15 is 0 Å². The van der Waals surface area contributed by atoms with Gasteiger partial charge in [0.25, 0.3) is 0 Å². The van der Waals surface area contributed by atoms with Crippen LogP contribution in [-0.2, 0) is 35.2 Å². The molecule has 0 spiro atoms. The van der Waals surface area contributed by atoms with Crippen molar-refractivity contribution in [2.24, 2.45) is 17.2 Å². The summed E-state index contributed by atoms with van der Waals surface area (Å²) in [6, 6.07) is 0.351. The van der Waals surface area contributed by atoms with Crippen LogP contribution in [-0.4, -0.2) is 81.6 Å². The van der Waals surface area contributed by atoms with E-state index in [2.05, 4.69) is 16.0 Å². The third-order valence-electron chi connectivity index (χ3n) is 5.62. The summed E-state index contributed by atoms with van der Waals surface area (Å²) in [6.07, 6.45) is -0.279. The van der Waals surface area contributed by atoms with E-state index in [1.165, 1.54) is 24.3 Å². The maximum absolute atomic E-state index is 13.3. The normalized spacial score (nSPS) is 13.8. The number of rotatable bonds is 18. The van der Waals surface area contributed by atoms with Gasteiger partial charge in [-0.3, -0.25) is 24.0 Å². The summed E-state index contributed by atoms with van der Waals surface area (Å²) in [5.74, 6) is -6.20. The van der Waals surface area contributed by atoms with E-state index in [9.17, 15) is 39.0 Å². The van der Waals surface area contributed by atoms with Crippen LogP contribution in [0.1, 0.15) is 44.1 Å². The lowest BCUT2D eigenvalue weighted by molar-refractivity contribution is -0.147. The molecule has 1 aromatic carbocycles. The number of unbranched alkanes of at least 4 members (excludes halogenated alkanes) is 1. The number of carbonyl (C=O) groups excluding carboxylic acids is 4. The lowest BCUT2D eigenvalue weighted by atomic mass is 10.0. The van der Waals surface area contributed by atoms with E-state index in [0.717, 1.165) is 0 Å². The zero-order valence-corrected chi connectivity index (χ0v) is 21.3. The molecule has 0 aliphatic carbocycles. The van der Waals surface area contributed by atoms with Crippen molar-refractivity contribution in [2.75, 3.05) is 6.54 Å². The van der Waals surface area contributed by atoms with Crippen molar-refractivity contribution in [1.29, 1.82) is 0 Å². The molecule has 4 amide bonds. The minimum Gasteiger partial charge on any atom is -0.508 e. The van der Waals surface area contributed by atoms with Gasteiger partial charge in [0.05, 0.1) is 12.5 Å². The summed E-state index contributed by atoms with van der Waals surface area (Å²) in [6.45, 7) is 0.293. The zero-order valence-electron chi connectivity index (χ0n) is 21.3. The van der Waals surface area contributed by atoms with Gasteiger partial charge in [0.1, 0.15) is 23.9 Å². The molecular formula is C24H36N6O9. The quantitative estimate of drug-likeness (QED) is 0.0871. The predicted octanol–water partition coefficient (Wildman–Crippen LogP) is -2.33.